The summed E-state index contributed by atoms with van der Waals surface area (Å²) >= 11 is 0. The topological polar surface area (TPSA) is 0 Å². The van der Waals surface area contributed by atoms with Crippen LogP contribution in [0.2, 0.25) is 0 Å². The molecule has 2 bridgehead atoms. The van der Waals surface area contributed by atoms with E-state index in [1.807, 2.05) is 0 Å². The lowest BCUT2D eigenvalue weighted by Gasteiger charge is -2.43. The fraction of sp³-hybridized carbons (Fsp3) is 1.00. The lowest BCUT2D eigenvalue weighted by molar-refractivity contribution is 0.0561. The Morgan fingerprint density at radius 1 is 1.00 bits per heavy atom. The molecule has 2 aliphatic rings. The summed E-state index contributed by atoms with van der Waals surface area (Å²) in [7, 11) is 0. The van der Waals surface area contributed by atoms with Crippen LogP contribution in [0.1, 0.15) is 47.5 Å². The van der Waals surface area contributed by atoms with E-state index in [2.05, 4.69) is 34.6 Å². The average molecular weight is 166 g/mol. The van der Waals surface area contributed by atoms with E-state index in [1.54, 1.807) is 0 Å². The Kier molecular flexibility index (Phi) is 1.49. The molecular weight excluding hydrogens is 144 g/mol. The zero-order valence-corrected chi connectivity index (χ0v) is 9.15. The van der Waals surface area contributed by atoms with Crippen molar-refractivity contribution in [3.05, 3.63) is 0 Å². The third-order valence-corrected chi connectivity index (χ3v) is 5.28. The number of fused-ring (bicyclic) bond motifs is 2. The quantitative estimate of drug-likeness (QED) is 0.514. The van der Waals surface area contributed by atoms with E-state index in [0.717, 1.165) is 17.8 Å². The maximum absolute atomic E-state index is 2.50. The largest absolute Gasteiger partial charge is 0.0622 e. The Labute approximate surface area is 76.7 Å². The molecule has 0 heteroatoms. The molecular formula is C12H22. The molecule has 0 saturated heterocycles. The summed E-state index contributed by atoms with van der Waals surface area (Å²) in [5.41, 5.74) is 1.28. The SMILES string of the molecule is CC1CC2(C)CC1C(C)(C)C2C. The van der Waals surface area contributed by atoms with Crippen LogP contribution in [0, 0.1) is 28.6 Å². The smallest absolute Gasteiger partial charge is 0.0289 e. The molecule has 12 heavy (non-hydrogen) atoms. The molecule has 2 rings (SSSR count). The highest BCUT2D eigenvalue weighted by molar-refractivity contribution is 5.08. The van der Waals surface area contributed by atoms with Gasteiger partial charge in [-0.05, 0) is 41.4 Å². The molecule has 4 atom stereocenters. The highest BCUT2D eigenvalue weighted by Gasteiger charge is 2.59. The summed E-state index contributed by atoms with van der Waals surface area (Å²) in [6.45, 7) is 12.4. The van der Waals surface area contributed by atoms with E-state index in [4.69, 9.17) is 0 Å². The molecule has 0 aliphatic heterocycles. The van der Waals surface area contributed by atoms with Crippen LogP contribution >= 0.6 is 0 Å². The highest BCUT2D eigenvalue weighted by atomic mass is 14.6. The normalized spacial score (nSPS) is 56.2. The Hall–Kier alpha value is 0. The van der Waals surface area contributed by atoms with Crippen molar-refractivity contribution in [2.75, 3.05) is 0 Å². The van der Waals surface area contributed by atoms with Crippen LogP contribution in [0.25, 0.3) is 0 Å². The molecule has 0 aromatic heterocycles. The predicted molar refractivity (Wildman–Crippen MR) is 52.9 cm³/mol. The van der Waals surface area contributed by atoms with Crippen LogP contribution in [0.3, 0.4) is 0 Å². The third-order valence-electron chi connectivity index (χ3n) is 5.28. The van der Waals surface area contributed by atoms with Gasteiger partial charge in [0.1, 0.15) is 0 Å². The standard InChI is InChI=1S/C12H22/c1-8-6-12(5)7-10(8)11(3,4)9(12)2/h8-10H,6-7H2,1-5H3. The Balaban J connectivity index is 2.36. The molecule has 0 N–H and O–H groups in total. The number of hydrogen-bond donors (Lipinski definition) is 0. The number of hydrogen-bond acceptors (Lipinski definition) is 0. The Morgan fingerprint density at radius 3 is 1.92 bits per heavy atom. The average Bonchev–Trinajstić information content (AvgIpc) is 2.32. The van der Waals surface area contributed by atoms with Gasteiger partial charge in [-0.3, -0.25) is 0 Å². The van der Waals surface area contributed by atoms with Crippen molar-refractivity contribution in [2.45, 2.75) is 47.5 Å². The molecule has 70 valence electrons. The molecule has 0 aromatic rings. The minimum absolute atomic E-state index is 0.604. The van der Waals surface area contributed by atoms with Gasteiger partial charge in [-0.1, -0.05) is 34.6 Å². The summed E-state index contributed by atoms with van der Waals surface area (Å²) in [4.78, 5) is 0. The zero-order valence-electron chi connectivity index (χ0n) is 9.15. The van der Waals surface area contributed by atoms with Crippen LogP contribution in [-0.4, -0.2) is 0 Å². The third kappa shape index (κ3) is 0.791. The molecule has 4 unspecified atom stereocenters. The van der Waals surface area contributed by atoms with E-state index in [-0.39, 0.29) is 0 Å². The van der Waals surface area contributed by atoms with Gasteiger partial charge in [0.25, 0.3) is 0 Å². The Bertz CT molecular complexity index is 199. The molecule has 0 amide bonds. The van der Waals surface area contributed by atoms with Crippen molar-refractivity contribution in [1.29, 1.82) is 0 Å². The molecule has 0 heterocycles. The van der Waals surface area contributed by atoms with E-state index >= 15 is 0 Å². The van der Waals surface area contributed by atoms with Crippen LogP contribution in [0.5, 0.6) is 0 Å². The van der Waals surface area contributed by atoms with Crippen LogP contribution in [-0.2, 0) is 0 Å². The second kappa shape index (κ2) is 2.08. The highest BCUT2D eigenvalue weighted by Crippen LogP contribution is 2.67. The summed E-state index contributed by atoms with van der Waals surface area (Å²) in [6.07, 6.45) is 2.96. The molecule has 2 aliphatic carbocycles. The first kappa shape index (κ1) is 8.59. The van der Waals surface area contributed by atoms with Gasteiger partial charge in [0.05, 0.1) is 0 Å². The van der Waals surface area contributed by atoms with Gasteiger partial charge in [0.2, 0.25) is 0 Å². The zero-order chi connectivity index (χ0) is 9.15. The van der Waals surface area contributed by atoms with Crippen molar-refractivity contribution in [3.63, 3.8) is 0 Å². The fourth-order valence-corrected chi connectivity index (χ4v) is 4.23. The number of rotatable bonds is 0. The second-order valence-corrected chi connectivity index (χ2v) is 6.19. The predicted octanol–water partition coefficient (Wildman–Crippen LogP) is 3.71. The van der Waals surface area contributed by atoms with E-state index in [9.17, 15) is 0 Å². The fourth-order valence-electron chi connectivity index (χ4n) is 4.23. The van der Waals surface area contributed by atoms with Gasteiger partial charge in [0.15, 0.2) is 0 Å². The van der Waals surface area contributed by atoms with Crippen molar-refractivity contribution < 1.29 is 0 Å². The second-order valence-electron chi connectivity index (χ2n) is 6.19. The first-order valence-corrected chi connectivity index (χ1v) is 5.38. The van der Waals surface area contributed by atoms with Gasteiger partial charge < -0.3 is 0 Å². The molecule has 0 nitrogen and oxygen atoms in total. The van der Waals surface area contributed by atoms with Gasteiger partial charge in [-0.15, -0.1) is 0 Å². The van der Waals surface area contributed by atoms with E-state index in [1.165, 1.54) is 12.8 Å². The Morgan fingerprint density at radius 2 is 1.58 bits per heavy atom. The summed E-state index contributed by atoms with van der Waals surface area (Å²) in [5, 5.41) is 0. The van der Waals surface area contributed by atoms with E-state index in [0.29, 0.717) is 10.8 Å². The summed E-state index contributed by atoms with van der Waals surface area (Å²) in [6, 6.07) is 0. The summed E-state index contributed by atoms with van der Waals surface area (Å²) in [5.74, 6) is 2.89. The van der Waals surface area contributed by atoms with Gasteiger partial charge in [0, 0.05) is 0 Å². The van der Waals surface area contributed by atoms with Crippen molar-refractivity contribution in [2.24, 2.45) is 28.6 Å². The van der Waals surface area contributed by atoms with Crippen molar-refractivity contribution in [3.8, 4) is 0 Å². The first-order valence-electron chi connectivity index (χ1n) is 5.38. The van der Waals surface area contributed by atoms with Gasteiger partial charge >= 0.3 is 0 Å². The minimum atomic E-state index is 0.604. The van der Waals surface area contributed by atoms with Gasteiger partial charge in [-0.25, -0.2) is 0 Å². The van der Waals surface area contributed by atoms with Crippen LogP contribution in [0.4, 0.5) is 0 Å². The lowest BCUT2D eigenvalue weighted by atomic mass is 9.62. The van der Waals surface area contributed by atoms with Gasteiger partial charge in [-0.2, -0.15) is 0 Å². The summed E-state index contributed by atoms with van der Waals surface area (Å²) < 4.78 is 0. The lowest BCUT2D eigenvalue weighted by Crippen LogP contribution is -2.36. The van der Waals surface area contributed by atoms with Crippen LogP contribution < -0.4 is 0 Å². The van der Waals surface area contributed by atoms with Crippen molar-refractivity contribution >= 4 is 0 Å². The van der Waals surface area contributed by atoms with E-state index < -0.39 is 0 Å². The molecule has 0 spiro atoms. The van der Waals surface area contributed by atoms with Crippen LogP contribution in [0.15, 0.2) is 0 Å². The molecule has 0 radical (unpaired) electrons. The monoisotopic (exact) mass is 166 g/mol. The molecule has 2 saturated carbocycles. The first-order chi connectivity index (χ1) is 5.38. The molecule has 0 aromatic carbocycles. The maximum Gasteiger partial charge on any atom is -0.0289 e. The van der Waals surface area contributed by atoms with Crippen molar-refractivity contribution in [1.82, 2.24) is 0 Å². The molecule has 2 fully saturated rings. The maximum atomic E-state index is 2.50. The minimum Gasteiger partial charge on any atom is -0.0622 e.